The number of aromatic carboxylic acids is 1. The fraction of sp³-hybridized carbons (Fsp3) is 0.171. The van der Waals surface area contributed by atoms with E-state index in [9.17, 15) is 9.90 Å². The van der Waals surface area contributed by atoms with E-state index in [0.717, 1.165) is 45.3 Å². The van der Waals surface area contributed by atoms with Crippen LogP contribution < -0.4 is 19.7 Å². The number of aromatic nitrogens is 2. The monoisotopic (exact) mass is 604 g/mol. The highest BCUT2D eigenvalue weighted by molar-refractivity contribution is 7.80. The number of thiocarbonyl (C=S) groups is 1. The number of aryl methyl sites for hydroxylation is 2. The summed E-state index contributed by atoms with van der Waals surface area (Å²) in [4.78, 5) is 18.6. The number of carboxylic acid groups (broad SMARTS) is 1. The molecule has 3 aromatic carbocycles. The highest BCUT2D eigenvalue weighted by atomic mass is 32.1. The summed E-state index contributed by atoms with van der Waals surface area (Å²) in [7, 11) is 1.63. The summed E-state index contributed by atoms with van der Waals surface area (Å²) < 4.78 is 13.4. The van der Waals surface area contributed by atoms with Crippen molar-refractivity contribution in [3.8, 4) is 22.9 Å². The molecule has 1 aliphatic heterocycles. The zero-order chi connectivity index (χ0) is 31.0. The lowest BCUT2D eigenvalue weighted by atomic mass is 9.96. The predicted molar refractivity (Wildman–Crippen MR) is 174 cm³/mol. The van der Waals surface area contributed by atoms with Crippen LogP contribution in [0.5, 0.6) is 17.2 Å². The molecule has 2 atom stereocenters. The van der Waals surface area contributed by atoms with Crippen molar-refractivity contribution in [2.45, 2.75) is 32.9 Å². The third kappa shape index (κ3) is 5.38. The van der Waals surface area contributed by atoms with Crippen LogP contribution in [0.4, 0.5) is 5.69 Å². The van der Waals surface area contributed by atoms with Crippen LogP contribution in [-0.2, 0) is 0 Å². The summed E-state index contributed by atoms with van der Waals surface area (Å²) in [6.07, 6.45) is 1.79. The zero-order valence-electron chi connectivity index (χ0n) is 24.8. The fourth-order valence-electron chi connectivity index (χ4n) is 5.84. The molecule has 1 fully saturated rings. The van der Waals surface area contributed by atoms with Gasteiger partial charge in [0.05, 0.1) is 30.5 Å². The Morgan fingerprint density at radius 2 is 1.59 bits per heavy atom. The number of carboxylic acids is 1. The normalized spacial score (nSPS) is 16.1. The van der Waals surface area contributed by atoms with Crippen LogP contribution in [-0.4, -0.2) is 32.8 Å². The number of carbonyl (C=O) groups is 1. The van der Waals surface area contributed by atoms with Crippen molar-refractivity contribution < 1.29 is 19.4 Å². The van der Waals surface area contributed by atoms with Gasteiger partial charge < -0.3 is 29.4 Å². The van der Waals surface area contributed by atoms with Crippen molar-refractivity contribution in [3.05, 3.63) is 131 Å². The number of hydrogen-bond donors (Lipinski definition) is 2. The van der Waals surface area contributed by atoms with Gasteiger partial charge in [-0.25, -0.2) is 4.79 Å². The Labute approximate surface area is 261 Å². The van der Waals surface area contributed by atoms with Crippen LogP contribution in [0.25, 0.3) is 5.69 Å². The predicted octanol–water partition coefficient (Wildman–Crippen LogP) is 7.47. The molecule has 9 heteroatoms. The number of benzene rings is 3. The summed E-state index contributed by atoms with van der Waals surface area (Å²) >= 11 is 5.95. The van der Waals surface area contributed by atoms with E-state index in [1.807, 2.05) is 86.6 Å². The first-order valence-corrected chi connectivity index (χ1v) is 14.6. The van der Waals surface area contributed by atoms with Crippen LogP contribution in [0, 0.1) is 20.8 Å². The molecular weight excluding hydrogens is 572 g/mol. The number of nitrogens with zero attached hydrogens (tertiary/aromatic N) is 3. The molecule has 0 unspecified atom stereocenters. The van der Waals surface area contributed by atoms with Gasteiger partial charge in [0.1, 0.15) is 17.2 Å². The SMILES string of the molecule is COc1ccc(Oc2ccc(N3C(=S)N[C@@H](c4ccccn4)[C@@H]3c3cc(C)n(-c4cc(C(=O)O)ccc4C)c3C)cc2)cc1. The molecule has 1 saturated heterocycles. The number of pyridine rings is 1. The Bertz CT molecular complexity index is 1840. The Hall–Kier alpha value is -5.15. The minimum Gasteiger partial charge on any atom is -0.497 e. The van der Waals surface area contributed by atoms with E-state index in [4.69, 9.17) is 21.7 Å². The third-order valence-corrected chi connectivity index (χ3v) is 8.31. The largest absolute Gasteiger partial charge is 0.497 e. The summed E-state index contributed by atoms with van der Waals surface area (Å²) in [6, 6.07) is 28.1. The van der Waals surface area contributed by atoms with E-state index in [1.165, 1.54) is 0 Å². The number of nitrogens with one attached hydrogen (secondary N) is 1. The molecule has 222 valence electrons. The van der Waals surface area contributed by atoms with Gasteiger partial charge in [0.25, 0.3) is 0 Å². The lowest BCUT2D eigenvalue weighted by Gasteiger charge is -2.28. The quantitative estimate of drug-likeness (QED) is 0.176. The average molecular weight is 605 g/mol. The second kappa shape index (κ2) is 11.9. The highest BCUT2D eigenvalue weighted by Gasteiger charge is 2.42. The molecule has 1 aliphatic rings. The van der Waals surface area contributed by atoms with E-state index in [2.05, 4.69) is 32.8 Å². The number of ether oxygens (including phenoxy) is 2. The number of methoxy groups -OCH3 is 1. The summed E-state index contributed by atoms with van der Waals surface area (Å²) in [5.74, 6) is 1.21. The third-order valence-electron chi connectivity index (χ3n) is 7.99. The lowest BCUT2D eigenvalue weighted by molar-refractivity contribution is 0.0697. The molecule has 0 amide bonds. The molecule has 6 rings (SSSR count). The smallest absolute Gasteiger partial charge is 0.335 e. The Morgan fingerprint density at radius 3 is 2.23 bits per heavy atom. The molecule has 8 nitrogen and oxygen atoms in total. The number of anilines is 1. The van der Waals surface area contributed by atoms with E-state index >= 15 is 0 Å². The Kier molecular flexibility index (Phi) is 7.80. The molecule has 2 aromatic heterocycles. The van der Waals surface area contributed by atoms with Crippen LogP contribution >= 0.6 is 12.2 Å². The maximum Gasteiger partial charge on any atom is 0.335 e. The van der Waals surface area contributed by atoms with Crippen LogP contribution in [0.2, 0.25) is 0 Å². The fourth-order valence-corrected chi connectivity index (χ4v) is 6.19. The first-order chi connectivity index (χ1) is 21.2. The molecule has 5 aromatic rings. The topological polar surface area (TPSA) is 88.9 Å². The van der Waals surface area contributed by atoms with Gasteiger partial charge in [-0.15, -0.1) is 0 Å². The van der Waals surface area contributed by atoms with Gasteiger partial charge in [0.15, 0.2) is 5.11 Å². The van der Waals surface area contributed by atoms with Crippen molar-refractivity contribution in [1.82, 2.24) is 14.9 Å². The Balaban J connectivity index is 1.41. The molecule has 0 spiro atoms. The molecule has 44 heavy (non-hydrogen) atoms. The van der Waals surface area contributed by atoms with Gasteiger partial charge in [0, 0.05) is 29.0 Å². The molecular formula is C35H32N4O4S. The van der Waals surface area contributed by atoms with Crippen molar-refractivity contribution in [2.24, 2.45) is 0 Å². The summed E-state index contributed by atoms with van der Waals surface area (Å²) in [6.45, 7) is 6.09. The summed E-state index contributed by atoms with van der Waals surface area (Å²) in [5.41, 5.74) is 6.88. The van der Waals surface area contributed by atoms with E-state index in [0.29, 0.717) is 16.6 Å². The van der Waals surface area contributed by atoms with E-state index < -0.39 is 5.97 Å². The van der Waals surface area contributed by atoms with Gasteiger partial charge in [-0.2, -0.15) is 0 Å². The van der Waals surface area contributed by atoms with Crippen molar-refractivity contribution in [2.75, 3.05) is 12.0 Å². The highest BCUT2D eigenvalue weighted by Crippen LogP contribution is 2.44. The van der Waals surface area contributed by atoms with Crippen LogP contribution in [0.3, 0.4) is 0 Å². The van der Waals surface area contributed by atoms with Gasteiger partial charge in [0.2, 0.25) is 0 Å². The van der Waals surface area contributed by atoms with Gasteiger partial charge in [-0.3, -0.25) is 4.98 Å². The maximum absolute atomic E-state index is 11.8. The summed E-state index contributed by atoms with van der Waals surface area (Å²) in [5, 5.41) is 13.8. The number of hydrogen-bond acceptors (Lipinski definition) is 5. The first kappa shape index (κ1) is 28.9. The first-order valence-electron chi connectivity index (χ1n) is 14.2. The molecule has 2 N–H and O–H groups in total. The second-order valence-electron chi connectivity index (χ2n) is 10.7. The zero-order valence-corrected chi connectivity index (χ0v) is 25.6. The van der Waals surface area contributed by atoms with Crippen molar-refractivity contribution in [1.29, 1.82) is 0 Å². The molecule has 0 saturated carbocycles. The van der Waals surface area contributed by atoms with Gasteiger partial charge >= 0.3 is 5.97 Å². The molecule has 3 heterocycles. The number of rotatable bonds is 8. The van der Waals surface area contributed by atoms with Crippen molar-refractivity contribution in [3.63, 3.8) is 0 Å². The van der Waals surface area contributed by atoms with Crippen LogP contribution in [0.1, 0.15) is 50.7 Å². The minimum absolute atomic E-state index is 0.223. The molecule has 0 bridgehead atoms. The molecule has 0 radical (unpaired) electrons. The van der Waals surface area contributed by atoms with Crippen LogP contribution in [0.15, 0.2) is 97.2 Å². The van der Waals surface area contributed by atoms with E-state index in [1.54, 1.807) is 25.4 Å². The maximum atomic E-state index is 11.8. The molecule has 0 aliphatic carbocycles. The van der Waals surface area contributed by atoms with Gasteiger partial charge in [-0.05, 0) is 123 Å². The van der Waals surface area contributed by atoms with Crippen molar-refractivity contribution >= 4 is 29.0 Å². The standard InChI is InChI=1S/C35H32N4O4S/c1-21-8-9-24(34(40)41)20-31(21)38-22(2)19-29(23(38)3)33-32(30-7-5-6-18-36-30)37-35(44)39(33)25-10-12-27(13-11-25)43-28-16-14-26(42-4)15-17-28/h5-20,32-33H,1-4H3,(H,37,44)(H,40,41)/t32-,33-/m0/s1. The minimum atomic E-state index is -0.958. The second-order valence-corrected chi connectivity index (χ2v) is 11.1. The van der Waals surface area contributed by atoms with E-state index in [-0.39, 0.29) is 17.6 Å². The Morgan fingerprint density at radius 1 is 0.909 bits per heavy atom. The average Bonchev–Trinajstić information content (AvgIpc) is 3.53. The lowest BCUT2D eigenvalue weighted by Crippen LogP contribution is -2.29. The van der Waals surface area contributed by atoms with Gasteiger partial charge in [-0.1, -0.05) is 12.1 Å².